The number of methoxy groups -OCH3 is 2. The number of ether oxygens (including phenoxy) is 2. The van der Waals surface area contributed by atoms with E-state index in [4.69, 9.17) is 13.9 Å². The Kier molecular flexibility index (Phi) is 7.09. The molecule has 0 saturated carbocycles. The minimum atomic E-state index is -0.322. The van der Waals surface area contributed by atoms with Crippen molar-refractivity contribution in [2.45, 2.75) is 13.8 Å². The van der Waals surface area contributed by atoms with Crippen LogP contribution in [0.4, 0.5) is 5.69 Å². The van der Waals surface area contributed by atoms with Crippen molar-refractivity contribution < 1.29 is 18.7 Å². The number of aromatic nitrogens is 1. The molecule has 1 amide bonds. The highest BCUT2D eigenvalue weighted by molar-refractivity contribution is 9.11. The number of amides is 1. The van der Waals surface area contributed by atoms with Crippen molar-refractivity contribution in [2.75, 3.05) is 19.5 Å². The van der Waals surface area contributed by atoms with Gasteiger partial charge in [-0.15, -0.1) is 0 Å². The van der Waals surface area contributed by atoms with E-state index in [0.29, 0.717) is 23.1 Å². The van der Waals surface area contributed by atoms with Crippen molar-refractivity contribution in [2.24, 2.45) is 0 Å². The SMILES string of the molecule is COc1ccc(-c2nc3cc(C)c(C)cc3o2)cc1NC(=O)C=Cc1cc(Br)cc(Br)c1OC. The zero-order chi connectivity index (χ0) is 24.4. The predicted octanol–water partition coefficient (Wildman–Crippen LogP) is 7.31. The van der Waals surface area contributed by atoms with Crippen molar-refractivity contribution in [1.29, 1.82) is 0 Å². The number of fused-ring (bicyclic) bond motifs is 1. The zero-order valence-electron chi connectivity index (χ0n) is 19.0. The van der Waals surface area contributed by atoms with E-state index in [1.165, 1.54) is 6.08 Å². The first kappa shape index (κ1) is 24.0. The molecule has 0 aliphatic carbocycles. The summed E-state index contributed by atoms with van der Waals surface area (Å²) in [6.45, 7) is 4.08. The zero-order valence-corrected chi connectivity index (χ0v) is 22.2. The molecule has 0 atom stereocenters. The van der Waals surface area contributed by atoms with E-state index in [2.05, 4.69) is 42.2 Å². The molecule has 174 valence electrons. The minimum Gasteiger partial charge on any atom is -0.495 e. The number of rotatable bonds is 6. The average Bonchev–Trinajstić information content (AvgIpc) is 3.20. The van der Waals surface area contributed by atoms with Crippen molar-refractivity contribution in [3.8, 4) is 23.0 Å². The summed E-state index contributed by atoms with van der Waals surface area (Å²) in [5, 5.41) is 2.88. The molecule has 8 heteroatoms. The number of oxazole rings is 1. The summed E-state index contributed by atoms with van der Waals surface area (Å²) in [7, 11) is 3.13. The Morgan fingerprint density at radius 1 is 1.03 bits per heavy atom. The topological polar surface area (TPSA) is 73.6 Å². The summed E-state index contributed by atoms with van der Waals surface area (Å²) in [5.41, 5.74) is 5.77. The summed E-state index contributed by atoms with van der Waals surface area (Å²) in [4.78, 5) is 17.3. The normalized spacial score (nSPS) is 11.2. The van der Waals surface area contributed by atoms with Gasteiger partial charge >= 0.3 is 0 Å². The van der Waals surface area contributed by atoms with Crippen LogP contribution in [0.1, 0.15) is 16.7 Å². The monoisotopic (exact) mass is 584 g/mol. The van der Waals surface area contributed by atoms with E-state index in [0.717, 1.165) is 42.3 Å². The Hall–Kier alpha value is -3.10. The Morgan fingerprint density at radius 2 is 1.79 bits per heavy atom. The van der Waals surface area contributed by atoms with Crippen LogP contribution in [0.2, 0.25) is 0 Å². The highest BCUT2D eigenvalue weighted by Gasteiger charge is 2.14. The van der Waals surface area contributed by atoms with Gasteiger partial charge in [0, 0.05) is 21.7 Å². The van der Waals surface area contributed by atoms with Crippen LogP contribution in [-0.2, 0) is 4.79 Å². The first-order valence-corrected chi connectivity index (χ1v) is 12.0. The van der Waals surface area contributed by atoms with E-state index in [1.54, 1.807) is 32.4 Å². The second-order valence-electron chi connectivity index (χ2n) is 7.67. The van der Waals surface area contributed by atoms with Gasteiger partial charge in [-0.25, -0.2) is 4.98 Å². The molecule has 3 aromatic carbocycles. The highest BCUT2D eigenvalue weighted by atomic mass is 79.9. The number of hydrogen-bond donors (Lipinski definition) is 1. The average molecular weight is 586 g/mol. The number of nitrogens with one attached hydrogen (secondary N) is 1. The lowest BCUT2D eigenvalue weighted by molar-refractivity contribution is -0.111. The fourth-order valence-corrected chi connectivity index (χ4v) is 4.92. The van der Waals surface area contributed by atoms with Crippen LogP contribution in [0, 0.1) is 13.8 Å². The molecule has 4 aromatic rings. The first-order valence-electron chi connectivity index (χ1n) is 10.4. The number of anilines is 1. The number of halogens is 2. The quantitative estimate of drug-likeness (QED) is 0.240. The van der Waals surface area contributed by atoms with Crippen LogP contribution >= 0.6 is 31.9 Å². The van der Waals surface area contributed by atoms with Crippen molar-refractivity contribution in [1.82, 2.24) is 4.98 Å². The van der Waals surface area contributed by atoms with Gasteiger partial charge in [-0.2, -0.15) is 0 Å². The van der Waals surface area contributed by atoms with Gasteiger partial charge in [0.1, 0.15) is 17.0 Å². The predicted molar refractivity (Wildman–Crippen MR) is 142 cm³/mol. The van der Waals surface area contributed by atoms with E-state index in [-0.39, 0.29) is 5.91 Å². The largest absolute Gasteiger partial charge is 0.495 e. The van der Waals surface area contributed by atoms with Crippen molar-refractivity contribution in [3.63, 3.8) is 0 Å². The molecule has 1 heterocycles. The molecule has 0 fully saturated rings. The first-order chi connectivity index (χ1) is 16.3. The summed E-state index contributed by atoms with van der Waals surface area (Å²) in [5.74, 6) is 1.30. The molecule has 0 unspecified atom stereocenters. The van der Waals surface area contributed by atoms with Gasteiger partial charge in [0.2, 0.25) is 11.8 Å². The summed E-state index contributed by atoms with van der Waals surface area (Å²) in [6.07, 6.45) is 3.12. The van der Waals surface area contributed by atoms with Gasteiger partial charge in [-0.05, 0) is 89.4 Å². The maximum Gasteiger partial charge on any atom is 0.248 e. The molecule has 0 radical (unpaired) electrons. The molecule has 4 rings (SSSR count). The molecule has 34 heavy (non-hydrogen) atoms. The number of nitrogens with zero attached hydrogens (tertiary/aromatic N) is 1. The van der Waals surface area contributed by atoms with E-state index < -0.39 is 0 Å². The summed E-state index contributed by atoms with van der Waals surface area (Å²) in [6, 6.07) is 13.1. The van der Waals surface area contributed by atoms with Crippen molar-refractivity contribution in [3.05, 3.63) is 74.2 Å². The number of carbonyl (C=O) groups excluding carboxylic acids is 1. The van der Waals surface area contributed by atoms with Gasteiger partial charge in [0.05, 0.1) is 24.4 Å². The van der Waals surface area contributed by atoms with Gasteiger partial charge in [0.15, 0.2) is 5.58 Å². The lowest BCUT2D eigenvalue weighted by atomic mass is 10.1. The molecular weight excluding hydrogens is 564 g/mol. The van der Waals surface area contributed by atoms with Crippen LogP contribution in [0.3, 0.4) is 0 Å². The third-order valence-electron chi connectivity index (χ3n) is 5.36. The fourth-order valence-electron chi connectivity index (χ4n) is 3.50. The molecule has 6 nitrogen and oxygen atoms in total. The van der Waals surface area contributed by atoms with Gasteiger partial charge in [-0.1, -0.05) is 15.9 Å². The van der Waals surface area contributed by atoms with E-state index in [9.17, 15) is 4.79 Å². The molecule has 1 aromatic heterocycles. The Balaban J connectivity index is 1.62. The Bertz CT molecular complexity index is 1390. The molecule has 0 bridgehead atoms. The summed E-state index contributed by atoms with van der Waals surface area (Å²) < 4.78 is 18.5. The summed E-state index contributed by atoms with van der Waals surface area (Å²) >= 11 is 6.92. The fraction of sp³-hybridized carbons (Fsp3) is 0.154. The maximum absolute atomic E-state index is 12.7. The standard InChI is InChI=1S/C26H22Br2N2O4/c1-14-9-20-23(10-15(14)2)34-26(30-20)17-5-7-22(32-3)21(12-17)29-24(31)8-6-16-11-18(27)13-19(28)25(16)33-4/h5-13H,1-4H3,(H,29,31). The highest BCUT2D eigenvalue weighted by Crippen LogP contribution is 2.34. The molecule has 1 N–H and O–H groups in total. The van der Waals surface area contributed by atoms with E-state index in [1.807, 2.05) is 44.2 Å². The second-order valence-corrected chi connectivity index (χ2v) is 9.44. The lowest BCUT2D eigenvalue weighted by Gasteiger charge is -2.10. The van der Waals surface area contributed by atoms with Crippen LogP contribution in [-0.4, -0.2) is 25.1 Å². The van der Waals surface area contributed by atoms with Gasteiger partial charge in [0.25, 0.3) is 0 Å². The van der Waals surface area contributed by atoms with Crippen LogP contribution < -0.4 is 14.8 Å². The minimum absolute atomic E-state index is 0.322. The molecule has 0 spiro atoms. The van der Waals surface area contributed by atoms with E-state index >= 15 is 0 Å². The molecular formula is C26H22Br2N2O4. The number of aryl methyl sites for hydroxylation is 2. The number of carbonyl (C=O) groups is 1. The van der Waals surface area contributed by atoms with Crippen LogP contribution in [0.5, 0.6) is 11.5 Å². The second kappa shape index (κ2) is 10.0. The molecule has 0 aliphatic rings. The number of benzene rings is 3. The third-order valence-corrected chi connectivity index (χ3v) is 6.41. The molecule has 0 saturated heterocycles. The van der Waals surface area contributed by atoms with Gasteiger partial charge in [-0.3, -0.25) is 4.79 Å². The number of hydrogen-bond acceptors (Lipinski definition) is 5. The maximum atomic E-state index is 12.7. The van der Waals surface area contributed by atoms with Crippen LogP contribution in [0.25, 0.3) is 28.6 Å². The third kappa shape index (κ3) is 5.03. The van der Waals surface area contributed by atoms with Crippen molar-refractivity contribution >= 4 is 60.6 Å². The smallest absolute Gasteiger partial charge is 0.248 e. The lowest BCUT2D eigenvalue weighted by Crippen LogP contribution is -2.09. The van der Waals surface area contributed by atoms with Crippen LogP contribution in [0.15, 0.2) is 61.9 Å². The Labute approximate surface area is 214 Å². The Morgan fingerprint density at radius 3 is 2.53 bits per heavy atom. The molecule has 0 aliphatic heterocycles. The van der Waals surface area contributed by atoms with Gasteiger partial charge < -0.3 is 19.2 Å².